The summed E-state index contributed by atoms with van der Waals surface area (Å²) in [6.07, 6.45) is 0.322. The lowest BCUT2D eigenvalue weighted by Crippen LogP contribution is -2.55. The fourth-order valence-electron chi connectivity index (χ4n) is 3.60. The summed E-state index contributed by atoms with van der Waals surface area (Å²) in [5.41, 5.74) is -0.0583. The molecule has 2 unspecified atom stereocenters. The van der Waals surface area contributed by atoms with E-state index in [0.717, 1.165) is 5.56 Å². The van der Waals surface area contributed by atoms with Gasteiger partial charge in [-0.1, -0.05) is 50.2 Å². The number of hydrogen-bond donors (Lipinski definition) is 4. The Morgan fingerprint density at radius 2 is 1.74 bits per heavy atom. The highest BCUT2D eigenvalue weighted by Crippen LogP contribution is 2.30. The Kier molecular flexibility index (Phi) is 8.97. The second-order valence-electron chi connectivity index (χ2n) is 9.01. The van der Waals surface area contributed by atoms with Crippen molar-refractivity contribution in [1.82, 2.24) is 10.6 Å². The number of rotatable bonds is 13. The predicted octanol–water partition coefficient (Wildman–Crippen LogP) is 1.22. The first-order valence-corrected chi connectivity index (χ1v) is 11.6. The van der Waals surface area contributed by atoms with Crippen molar-refractivity contribution in [2.45, 2.75) is 44.6 Å². The smallest absolute Gasteiger partial charge is 0.252 e. The monoisotopic (exact) mass is 484 g/mol. The van der Waals surface area contributed by atoms with Crippen molar-refractivity contribution in [2.75, 3.05) is 19.8 Å². The van der Waals surface area contributed by atoms with Crippen molar-refractivity contribution in [3.63, 3.8) is 0 Å². The average Bonchev–Trinajstić information content (AvgIpc) is 3.67. The van der Waals surface area contributed by atoms with Gasteiger partial charge in [0, 0.05) is 5.56 Å². The molecule has 1 saturated heterocycles. The van der Waals surface area contributed by atoms with Crippen molar-refractivity contribution in [1.29, 1.82) is 0 Å². The SMILES string of the molecule is CC(C)CC(NC(=O)[C@H](CO)NC(=O)c1cccc(OCc2ccccc2)c1)C(=O)C1(CO)CO1. The minimum absolute atomic E-state index is 0.0690. The van der Waals surface area contributed by atoms with Crippen LogP contribution >= 0.6 is 0 Å². The largest absolute Gasteiger partial charge is 0.489 e. The summed E-state index contributed by atoms with van der Waals surface area (Å²) < 4.78 is 10.9. The van der Waals surface area contributed by atoms with Gasteiger partial charge in [0.1, 0.15) is 18.4 Å². The van der Waals surface area contributed by atoms with E-state index in [9.17, 15) is 24.6 Å². The first-order valence-electron chi connectivity index (χ1n) is 11.6. The van der Waals surface area contributed by atoms with Gasteiger partial charge in [0.05, 0.1) is 25.9 Å². The summed E-state index contributed by atoms with van der Waals surface area (Å²) in [5, 5.41) is 24.4. The summed E-state index contributed by atoms with van der Waals surface area (Å²) in [7, 11) is 0. The number of aliphatic hydroxyl groups excluding tert-OH is 2. The van der Waals surface area contributed by atoms with Crippen LogP contribution < -0.4 is 15.4 Å². The summed E-state index contributed by atoms with van der Waals surface area (Å²) in [6.45, 7) is 3.08. The van der Waals surface area contributed by atoms with E-state index >= 15 is 0 Å². The Morgan fingerprint density at radius 1 is 1.03 bits per heavy atom. The Bertz CT molecular complexity index is 1020. The normalized spacial score (nSPS) is 18.4. The molecule has 0 aromatic heterocycles. The molecular weight excluding hydrogens is 452 g/mol. The lowest BCUT2D eigenvalue weighted by molar-refractivity contribution is -0.133. The van der Waals surface area contributed by atoms with Crippen LogP contribution in [-0.4, -0.2) is 65.3 Å². The van der Waals surface area contributed by atoms with Crippen molar-refractivity contribution in [3.8, 4) is 5.75 Å². The zero-order valence-electron chi connectivity index (χ0n) is 19.9. The van der Waals surface area contributed by atoms with Gasteiger partial charge in [0.25, 0.3) is 5.91 Å². The molecule has 2 amide bonds. The van der Waals surface area contributed by atoms with Gasteiger partial charge in [-0.15, -0.1) is 0 Å². The number of Topliss-reactive ketones (excluding diaryl/α,β-unsaturated/α-hetero) is 1. The molecule has 0 saturated carbocycles. The van der Waals surface area contributed by atoms with E-state index in [-0.39, 0.29) is 18.1 Å². The number of epoxide rings is 1. The van der Waals surface area contributed by atoms with Crippen LogP contribution in [0.15, 0.2) is 54.6 Å². The summed E-state index contributed by atoms with van der Waals surface area (Å²) in [4.78, 5) is 38.4. The molecule has 188 valence electrons. The standard InChI is InChI=1S/C26H32N2O7/c1-17(2)11-21(23(31)26(15-30)16-35-26)27-25(33)22(13-29)28-24(32)19-9-6-10-20(12-19)34-14-18-7-4-3-5-8-18/h3-10,12,17,21-22,29-30H,11,13-16H2,1-2H3,(H,27,33)(H,28,32)/t21?,22-,26?/m0/s1. The molecule has 0 spiro atoms. The van der Waals surface area contributed by atoms with Crippen molar-refractivity contribution >= 4 is 17.6 Å². The van der Waals surface area contributed by atoms with E-state index in [1.807, 2.05) is 44.2 Å². The topological polar surface area (TPSA) is 137 Å². The number of ketones is 1. The summed E-state index contributed by atoms with van der Waals surface area (Å²) in [6, 6.07) is 13.9. The van der Waals surface area contributed by atoms with Crippen LogP contribution in [0.1, 0.15) is 36.2 Å². The van der Waals surface area contributed by atoms with Gasteiger partial charge in [-0.3, -0.25) is 14.4 Å². The Labute approximate surface area is 204 Å². The number of ether oxygens (including phenoxy) is 2. The highest BCUT2D eigenvalue weighted by atomic mass is 16.6. The average molecular weight is 485 g/mol. The van der Waals surface area contributed by atoms with Gasteiger partial charge < -0.3 is 30.3 Å². The van der Waals surface area contributed by atoms with Crippen LogP contribution in [0.2, 0.25) is 0 Å². The quantitative estimate of drug-likeness (QED) is 0.314. The lowest BCUT2D eigenvalue weighted by Gasteiger charge is -2.24. The zero-order chi connectivity index (χ0) is 25.4. The van der Waals surface area contributed by atoms with Crippen LogP contribution in [-0.2, 0) is 20.9 Å². The van der Waals surface area contributed by atoms with Crippen LogP contribution in [0.5, 0.6) is 5.75 Å². The van der Waals surface area contributed by atoms with E-state index in [2.05, 4.69) is 10.6 Å². The minimum atomic E-state index is -1.29. The van der Waals surface area contributed by atoms with Gasteiger partial charge in [-0.05, 0) is 36.1 Å². The maximum atomic E-state index is 12.8. The van der Waals surface area contributed by atoms with Gasteiger partial charge in [-0.2, -0.15) is 0 Å². The molecule has 9 heteroatoms. The molecule has 1 aliphatic heterocycles. The number of nitrogens with one attached hydrogen (secondary N) is 2. The molecule has 4 N–H and O–H groups in total. The molecule has 0 bridgehead atoms. The molecule has 2 aromatic rings. The van der Waals surface area contributed by atoms with E-state index in [1.54, 1.807) is 24.3 Å². The number of benzene rings is 2. The number of hydrogen-bond acceptors (Lipinski definition) is 7. The molecule has 3 atom stereocenters. The van der Waals surface area contributed by atoms with E-state index in [1.165, 1.54) is 0 Å². The number of carbonyl (C=O) groups excluding carboxylic acids is 3. The van der Waals surface area contributed by atoms with Gasteiger partial charge >= 0.3 is 0 Å². The Hall–Kier alpha value is -3.27. The van der Waals surface area contributed by atoms with Crippen molar-refractivity contribution < 1.29 is 34.1 Å². The van der Waals surface area contributed by atoms with Gasteiger partial charge in [0.15, 0.2) is 11.4 Å². The van der Waals surface area contributed by atoms with E-state index < -0.39 is 48.5 Å². The first kappa shape index (κ1) is 26.3. The number of aliphatic hydroxyl groups is 2. The molecule has 1 heterocycles. The van der Waals surface area contributed by atoms with E-state index in [4.69, 9.17) is 9.47 Å². The second-order valence-corrected chi connectivity index (χ2v) is 9.01. The third kappa shape index (κ3) is 7.11. The Morgan fingerprint density at radius 3 is 2.34 bits per heavy atom. The van der Waals surface area contributed by atoms with Crippen LogP contribution in [0.4, 0.5) is 0 Å². The highest BCUT2D eigenvalue weighted by Gasteiger charge is 2.54. The summed E-state index contributed by atoms with van der Waals surface area (Å²) in [5.74, 6) is -1.15. The molecule has 1 aliphatic rings. The first-order chi connectivity index (χ1) is 16.8. The highest BCUT2D eigenvalue weighted by molar-refractivity contribution is 6.00. The predicted molar refractivity (Wildman–Crippen MR) is 128 cm³/mol. The minimum Gasteiger partial charge on any atom is -0.489 e. The fourth-order valence-corrected chi connectivity index (χ4v) is 3.60. The van der Waals surface area contributed by atoms with Gasteiger partial charge in [-0.25, -0.2) is 0 Å². The third-order valence-corrected chi connectivity index (χ3v) is 5.69. The van der Waals surface area contributed by atoms with Crippen LogP contribution in [0, 0.1) is 5.92 Å². The summed E-state index contributed by atoms with van der Waals surface area (Å²) >= 11 is 0. The lowest BCUT2D eigenvalue weighted by atomic mass is 9.92. The zero-order valence-corrected chi connectivity index (χ0v) is 19.9. The molecule has 9 nitrogen and oxygen atoms in total. The van der Waals surface area contributed by atoms with Crippen molar-refractivity contribution in [3.05, 3.63) is 65.7 Å². The maximum Gasteiger partial charge on any atom is 0.252 e. The third-order valence-electron chi connectivity index (χ3n) is 5.69. The maximum absolute atomic E-state index is 12.8. The molecule has 35 heavy (non-hydrogen) atoms. The van der Waals surface area contributed by atoms with Crippen LogP contribution in [0.25, 0.3) is 0 Å². The molecule has 1 fully saturated rings. The molecule has 0 aliphatic carbocycles. The van der Waals surface area contributed by atoms with Gasteiger partial charge in [0.2, 0.25) is 5.91 Å². The van der Waals surface area contributed by atoms with E-state index in [0.29, 0.717) is 18.8 Å². The number of amides is 2. The molecule has 0 radical (unpaired) electrons. The molecule has 2 aromatic carbocycles. The van der Waals surface area contributed by atoms with Crippen molar-refractivity contribution in [2.24, 2.45) is 5.92 Å². The Balaban J connectivity index is 1.62. The molecular formula is C26H32N2O7. The fraction of sp³-hybridized carbons (Fsp3) is 0.423. The number of carbonyl (C=O) groups is 3. The second kappa shape index (κ2) is 11.9. The van der Waals surface area contributed by atoms with Crippen LogP contribution in [0.3, 0.4) is 0 Å². The molecule has 3 rings (SSSR count).